The summed E-state index contributed by atoms with van der Waals surface area (Å²) in [7, 11) is 1.32. The molecule has 7 heteroatoms. The maximum Gasteiger partial charge on any atom is 0.359 e. The van der Waals surface area contributed by atoms with Crippen molar-refractivity contribution in [3.63, 3.8) is 0 Å². The number of methoxy groups -OCH3 is 1. The maximum atomic E-state index is 11.7. The predicted octanol–water partition coefficient (Wildman–Crippen LogP) is 0.930. The summed E-state index contributed by atoms with van der Waals surface area (Å²) in [4.78, 5) is 27.1. The second-order valence-corrected chi connectivity index (χ2v) is 3.57. The first kappa shape index (κ1) is 10.5. The first-order valence-electron chi connectivity index (χ1n) is 5.21. The average Bonchev–Trinajstić information content (AvgIpc) is 3.06. The van der Waals surface area contributed by atoms with Crippen LogP contribution in [0.4, 0.5) is 0 Å². The SMILES string of the molecule is COC(=O)c1nc(-n2ccnc2)nc2cc[nH]c12. The fourth-order valence-electron chi connectivity index (χ4n) is 1.67. The highest BCUT2D eigenvalue weighted by Gasteiger charge is 2.16. The Bertz CT molecular complexity index is 701. The quantitative estimate of drug-likeness (QED) is 0.677. The molecule has 3 aromatic heterocycles. The number of H-pyrrole nitrogens is 1. The number of hydrogen-bond donors (Lipinski definition) is 1. The van der Waals surface area contributed by atoms with E-state index in [4.69, 9.17) is 4.74 Å². The second-order valence-electron chi connectivity index (χ2n) is 3.57. The van der Waals surface area contributed by atoms with E-state index in [-0.39, 0.29) is 5.69 Å². The monoisotopic (exact) mass is 243 g/mol. The van der Waals surface area contributed by atoms with Gasteiger partial charge in [0.25, 0.3) is 0 Å². The third-order valence-electron chi connectivity index (χ3n) is 2.51. The lowest BCUT2D eigenvalue weighted by Crippen LogP contribution is -2.09. The molecule has 3 heterocycles. The van der Waals surface area contributed by atoms with E-state index in [0.717, 1.165) is 0 Å². The molecule has 0 fully saturated rings. The van der Waals surface area contributed by atoms with E-state index < -0.39 is 5.97 Å². The molecular weight excluding hydrogens is 234 g/mol. The molecule has 0 unspecified atom stereocenters. The number of aromatic amines is 1. The van der Waals surface area contributed by atoms with E-state index in [9.17, 15) is 4.79 Å². The van der Waals surface area contributed by atoms with Crippen molar-refractivity contribution < 1.29 is 9.53 Å². The molecular formula is C11H9N5O2. The molecule has 3 rings (SSSR count). The number of aromatic nitrogens is 5. The average molecular weight is 243 g/mol. The van der Waals surface area contributed by atoms with Crippen LogP contribution in [0.25, 0.3) is 17.0 Å². The zero-order valence-corrected chi connectivity index (χ0v) is 9.49. The number of carbonyl (C=O) groups excluding carboxylic acids is 1. The normalized spacial score (nSPS) is 10.7. The number of hydrogen-bond acceptors (Lipinski definition) is 5. The zero-order chi connectivity index (χ0) is 12.5. The van der Waals surface area contributed by atoms with E-state index in [2.05, 4.69) is 19.9 Å². The van der Waals surface area contributed by atoms with E-state index in [1.165, 1.54) is 7.11 Å². The van der Waals surface area contributed by atoms with Gasteiger partial charge in [-0.05, 0) is 6.07 Å². The molecule has 0 radical (unpaired) electrons. The fraction of sp³-hybridized carbons (Fsp3) is 0.0909. The highest BCUT2D eigenvalue weighted by molar-refractivity contribution is 6.00. The van der Waals surface area contributed by atoms with Gasteiger partial charge < -0.3 is 9.72 Å². The topological polar surface area (TPSA) is 85.7 Å². The smallest absolute Gasteiger partial charge is 0.359 e. The van der Waals surface area contributed by atoms with Gasteiger partial charge in [-0.3, -0.25) is 4.57 Å². The largest absolute Gasteiger partial charge is 0.464 e. The molecule has 7 nitrogen and oxygen atoms in total. The van der Waals surface area contributed by atoms with Gasteiger partial charge in [-0.2, -0.15) is 0 Å². The summed E-state index contributed by atoms with van der Waals surface area (Å²) >= 11 is 0. The van der Waals surface area contributed by atoms with Gasteiger partial charge in [0.2, 0.25) is 5.95 Å². The summed E-state index contributed by atoms with van der Waals surface area (Å²) in [6, 6.07) is 1.77. The standard InChI is InChI=1S/C11H9N5O2/c1-18-10(17)9-8-7(2-3-13-8)14-11(15-9)16-5-4-12-6-16/h2-6,13H,1H3. The van der Waals surface area contributed by atoms with Crippen LogP contribution in [0.15, 0.2) is 31.0 Å². The second kappa shape index (κ2) is 3.95. The van der Waals surface area contributed by atoms with Gasteiger partial charge in [-0.15, -0.1) is 0 Å². The number of nitrogens with one attached hydrogen (secondary N) is 1. The molecule has 0 amide bonds. The number of ether oxygens (including phenoxy) is 1. The Morgan fingerprint density at radius 3 is 3.06 bits per heavy atom. The maximum absolute atomic E-state index is 11.7. The Morgan fingerprint density at radius 1 is 1.44 bits per heavy atom. The van der Waals surface area contributed by atoms with E-state index in [1.54, 1.807) is 35.6 Å². The Morgan fingerprint density at radius 2 is 2.33 bits per heavy atom. The third-order valence-corrected chi connectivity index (χ3v) is 2.51. The van der Waals surface area contributed by atoms with E-state index in [1.807, 2.05) is 0 Å². The summed E-state index contributed by atoms with van der Waals surface area (Å²) in [5.74, 6) is -0.133. The lowest BCUT2D eigenvalue weighted by atomic mass is 10.3. The van der Waals surface area contributed by atoms with Crippen LogP contribution >= 0.6 is 0 Å². The van der Waals surface area contributed by atoms with Gasteiger partial charge in [0.05, 0.1) is 18.1 Å². The van der Waals surface area contributed by atoms with Crippen LogP contribution in [-0.4, -0.2) is 37.6 Å². The van der Waals surface area contributed by atoms with Crippen LogP contribution in [0.2, 0.25) is 0 Å². The van der Waals surface area contributed by atoms with Gasteiger partial charge in [0.15, 0.2) is 5.69 Å². The number of nitrogens with zero attached hydrogens (tertiary/aromatic N) is 4. The Kier molecular flexibility index (Phi) is 2.30. The Labute approximate surface area is 101 Å². The van der Waals surface area contributed by atoms with Gasteiger partial charge in [-0.25, -0.2) is 19.7 Å². The minimum Gasteiger partial charge on any atom is -0.464 e. The predicted molar refractivity (Wildman–Crippen MR) is 62.4 cm³/mol. The molecule has 0 aromatic carbocycles. The highest BCUT2D eigenvalue weighted by atomic mass is 16.5. The molecule has 1 N–H and O–H groups in total. The van der Waals surface area contributed by atoms with E-state index in [0.29, 0.717) is 17.0 Å². The van der Waals surface area contributed by atoms with Crippen LogP contribution < -0.4 is 0 Å². The molecule has 0 spiro atoms. The number of imidazole rings is 1. The Hall–Kier alpha value is -2.70. The van der Waals surface area contributed by atoms with Crippen LogP contribution in [0.3, 0.4) is 0 Å². The molecule has 0 atom stereocenters. The van der Waals surface area contributed by atoms with Crippen molar-refractivity contribution in [1.82, 2.24) is 24.5 Å². The number of carbonyl (C=O) groups is 1. The van der Waals surface area contributed by atoms with Crippen molar-refractivity contribution >= 4 is 17.0 Å². The molecule has 0 saturated carbocycles. The number of esters is 1. The van der Waals surface area contributed by atoms with Crippen LogP contribution in [0.5, 0.6) is 0 Å². The van der Waals surface area contributed by atoms with Crippen molar-refractivity contribution in [2.45, 2.75) is 0 Å². The summed E-state index contributed by atoms with van der Waals surface area (Å²) in [6.07, 6.45) is 6.58. The van der Waals surface area contributed by atoms with Crippen LogP contribution in [0.1, 0.15) is 10.5 Å². The summed E-state index contributed by atoms with van der Waals surface area (Å²) in [5.41, 5.74) is 1.41. The lowest BCUT2D eigenvalue weighted by Gasteiger charge is -2.04. The third kappa shape index (κ3) is 1.53. The molecule has 18 heavy (non-hydrogen) atoms. The van der Waals surface area contributed by atoms with E-state index >= 15 is 0 Å². The molecule has 0 saturated heterocycles. The van der Waals surface area contributed by atoms with Crippen molar-refractivity contribution in [2.24, 2.45) is 0 Å². The fourth-order valence-corrected chi connectivity index (χ4v) is 1.67. The highest BCUT2D eigenvalue weighted by Crippen LogP contribution is 2.16. The first-order valence-corrected chi connectivity index (χ1v) is 5.21. The van der Waals surface area contributed by atoms with Gasteiger partial charge in [0, 0.05) is 18.6 Å². The van der Waals surface area contributed by atoms with Gasteiger partial charge in [-0.1, -0.05) is 0 Å². The van der Waals surface area contributed by atoms with Crippen molar-refractivity contribution in [3.8, 4) is 5.95 Å². The van der Waals surface area contributed by atoms with Crippen molar-refractivity contribution in [1.29, 1.82) is 0 Å². The van der Waals surface area contributed by atoms with Crippen molar-refractivity contribution in [2.75, 3.05) is 7.11 Å². The molecule has 0 aliphatic carbocycles. The summed E-state index contributed by atoms with van der Waals surface area (Å²) in [5, 5.41) is 0. The first-order chi connectivity index (χ1) is 8.79. The molecule has 90 valence electrons. The lowest BCUT2D eigenvalue weighted by molar-refractivity contribution is 0.0596. The van der Waals surface area contributed by atoms with Gasteiger partial charge >= 0.3 is 5.97 Å². The minimum absolute atomic E-state index is 0.205. The Balaban J connectivity index is 2.26. The van der Waals surface area contributed by atoms with Crippen LogP contribution in [0, 0.1) is 0 Å². The van der Waals surface area contributed by atoms with Crippen molar-refractivity contribution in [3.05, 3.63) is 36.7 Å². The molecule has 3 aromatic rings. The molecule has 0 aliphatic rings. The van der Waals surface area contributed by atoms with Crippen LogP contribution in [-0.2, 0) is 4.74 Å². The van der Waals surface area contributed by atoms with Gasteiger partial charge in [0.1, 0.15) is 6.33 Å². The summed E-state index contributed by atoms with van der Waals surface area (Å²) < 4.78 is 6.34. The minimum atomic E-state index is -0.508. The zero-order valence-electron chi connectivity index (χ0n) is 9.49. The molecule has 0 bridgehead atoms. The molecule has 0 aliphatic heterocycles. The summed E-state index contributed by atoms with van der Waals surface area (Å²) in [6.45, 7) is 0. The number of fused-ring (bicyclic) bond motifs is 1. The number of rotatable bonds is 2.